The minimum atomic E-state index is -0.794. The van der Waals surface area contributed by atoms with Crippen molar-refractivity contribution >= 4 is 29.2 Å². The molecule has 0 aliphatic carbocycles. The first-order chi connectivity index (χ1) is 7.54. The maximum atomic E-state index is 11.2. The number of hydrogen-bond donors (Lipinski definition) is 1. The Kier molecular flexibility index (Phi) is 5.02. The van der Waals surface area contributed by atoms with Gasteiger partial charge in [0.05, 0.1) is 17.2 Å². The second-order valence-electron chi connectivity index (χ2n) is 3.13. The molecule has 16 heavy (non-hydrogen) atoms. The number of nitrogens with two attached hydrogens (primary N) is 1. The van der Waals surface area contributed by atoms with Gasteiger partial charge in [0.25, 0.3) is 0 Å². The van der Waals surface area contributed by atoms with Crippen LogP contribution in [0.4, 0.5) is 0 Å². The van der Waals surface area contributed by atoms with Crippen LogP contribution in [0.3, 0.4) is 0 Å². The summed E-state index contributed by atoms with van der Waals surface area (Å²) in [5.74, 6) is -0.631. The van der Waals surface area contributed by atoms with Gasteiger partial charge < -0.3 is 5.73 Å². The predicted octanol–water partition coefficient (Wildman–Crippen LogP) is 1.97. The third kappa shape index (κ3) is 3.64. The van der Waals surface area contributed by atoms with Crippen molar-refractivity contribution < 1.29 is 14.6 Å². The minimum absolute atomic E-state index is 0.305. The maximum Gasteiger partial charge on any atom is 0.359 e. The topological polar surface area (TPSA) is 61.5 Å². The van der Waals surface area contributed by atoms with E-state index in [2.05, 4.69) is 9.78 Å². The van der Waals surface area contributed by atoms with Crippen molar-refractivity contribution in [3.05, 3.63) is 33.8 Å². The SMILES string of the molecule is COOC(=O)C(N)Cc1ccc(Cl)c(Cl)c1. The van der Waals surface area contributed by atoms with Crippen LogP contribution in [0.25, 0.3) is 0 Å². The van der Waals surface area contributed by atoms with E-state index in [9.17, 15) is 4.79 Å². The molecule has 0 saturated carbocycles. The van der Waals surface area contributed by atoms with Crippen molar-refractivity contribution in [2.45, 2.75) is 12.5 Å². The molecule has 2 N–H and O–H groups in total. The first kappa shape index (κ1) is 13.3. The average molecular weight is 264 g/mol. The molecule has 0 aliphatic heterocycles. The van der Waals surface area contributed by atoms with Crippen molar-refractivity contribution in [3.8, 4) is 0 Å². The lowest BCUT2D eigenvalue weighted by atomic mass is 10.1. The van der Waals surface area contributed by atoms with E-state index in [1.165, 1.54) is 7.11 Å². The van der Waals surface area contributed by atoms with Crippen LogP contribution in [0.15, 0.2) is 18.2 Å². The van der Waals surface area contributed by atoms with E-state index >= 15 is 0 Å². The van der Waals surface area contributed by atoms with Crippen LogP contribution in [-0.2, 0) is 21.0 Å². The smallest absolute Gasteiger partial charge is 0.318 e. The fraction of sp³-hybridized carbons (Fsp3) is 0.300. The van der Waals surface area contributed by atoms with E-state index in [0.29, 0.717) is 16.5 Å². The lowest BCUT2D eigenvalue weighted by molar-refractivity contribution is -0.256. The van der Waals surface area contributed by atoms with Gasteiger partial charge in [-0.05, 0) is 24.1 Å². The Balaban J connectivity index is 2.66. The third-order valence-electron chi connectivity index (χ3n) is 1.91. The van der Waals surface area contributed by atoms with Gasteiger partial charge in [-0.1, -0.05) is 29.3 Å². The standard InChI is InChI=1S/C10H11Cl2NO3/c1-15-16-10(14)9(13)5-6-2-3-7(11)8(12)4-6/h2-4,9H,5,13H2,1H3. The molecule has 0 fully saturated rings. The summed E-state index contributed by atoms with van der Waals surface area (Å²) in [5, 5.41) is 0.880. The molecule has 0 radical (unpaired) electrons. The Morgan fingerprint density at radius 3 is 2.69 bits per heavy atom. The van der Waals surface area contributed by atoms with E-state index in [1.54, 1.807) is 18.2 Å². The summed E-state index contributed by atoms with van der Waals surface area (Å²) < 4.78 is 0. The van der Waals surface area contributed by atoms with Gasteiger partial charge in [-0.25, -0.2) is 4.79 Å². The van der Waals surface area contributed by atoms with Gasteiger partial charge in [0.15, 0.2) is 0 Å². The zero-order valence-electron chi connectivity index (χ0n) is 8.57. The first-order valence-electron chi connectivity index (χ1n) is 4.48. The van der Waals surface area contributed by atoms with E-state index < -0.39 is 12.0 Å². The molecule has 0 spiro atoms. The minimum Gasteiger partial charge on any atom is -0.318 e. The molecular weight excluding hydrogens is 253 g/mol. The van der Waals surface area contributed by atoms with Gasteiger partial charge in [-0.3, -0.25) is 4.89 Å². The van der Waals surface area contributed by atoms with Gasteiger partial charge in [-0.15, -0.1) is 0 Å². The summed E-state index contributed by atoms with van der Waals surface area (Å²) in [5.41, 5.74) is 6.39. The summed E-state index contributed by atoms with van der Waals surface area (Å²) in [6, 6.07) is 4.25. The Morgan fingerprint density at radius 2 is 2.12 bits per heavy atom. The summed E-state index contributed by atoms with van der Waals surface area (Å²) in [7, 11) is 1.24. The highest BCUT2D eigenvalue weighted by Crippen LogP contribution is 2.23. The van der Waals surface area contributed by atoms with E-state index in [1.807, 2.05) is 0 Å². The number of carbonyl (C=O) groups excluding carboxylic acids is 1. The van der Waals surface area contributed by atoms with Crippen LogP contribution in [0, 0.1) is 0 Å². The predicted molar refractivity (Wildman–Crippen MR) is 61.2 cm³/mol. The third-order valence-corrected chi connectivity index (χ3v) is 2.65. The first-order valence-corrected chi connectivity index (χ1v) is 5.24. The van der Waals surface area contributed by atoms with E-state index in [-0.39, 0.29) is 0 Å². The van der Waals surface area contributed by atoms with Crippen LogP contribution in [-0.4, -0.2) is 19.1 Å². The number of rotatable bonds is 4. The molecule has 0 amide bonds. The molecule has 1 unspecified atom stereocenters. The molecule has 1 atom stereocenters. The Morgan fingerprint density at radius 1 is 1.44 bits per heavy atom. The quantitative estimate of drug-likeness (QED) is 0.667. The zero-order chi connectivity index (χ0) is 12.1. The maximum absolute atomic E-state index is 11.2. The normalized spacial score (nSPS) is 12.2. The molecule has 1 aromatic rings. The van der Waals surface area contributed by atoms with Gasteiger partial charge in [0, 0.05) is 0 Å². The Hall–Kier alpha value is -0.810. The Bertz CT molecular complexity index is 384. The van der Waals surface area contributed by atoms with Crippen LogP contribution >= 0.6 is 23.2 Å². The van der Waals surface area contributed by atoms with Gasteiger partial charge >= 0.3 is 5.97 Å². The van der Waals surface area contributed by atoms with Crippen LogP contribution in [0.2, 0.25) is 10.0 Å². The van der Waals surface area contributed by atoms with Crippen LogP contribution in [0.5, 0.6) is 0 Å². The van der Waals surface area contributed by atoms with Gasteiger partial charge in [0.1, 0.15) is 6.04 Å². The average Bonchev–Trinajstić information content (AvgIpc) is 2.24. The number of hydrogen-bond acceptors (Lipinski definition) is 4. The molecule has 6 heteroatoms. The van der Waals surface area contributed by atoms with Crippen molar-refractivity contribution in [2.24, 2.45) is 5.73 Å². The monoisotopic (exact) mass is 263 g/mol. The van der Waals surface area contributed by atoms with Crippen molar-refractivity contribution in [3.63, 3.8) is 0 Å². The second-order valence-corrected chi connectivity index (χ2v) is 3.94. The largest absolute Gasteiger partial charge is 0.359 e. The molecule has 0 heterocycles. The lowest BCUT2D eigenvalue weighted by Crippen LogP contribution is -2.34. The molecule has 0 bridgehead atoms. The van der Waals surface area contributed by atoms with Crippen LogP contribution < -0.4 is 5.73 Å². The molecule has 0 aliphatic rings. The fourth-order valence-electron chi connectivity index (χ4n) is 1.15. The van der Waals surface area contributed by atoms with Crippen molar-refractivity contribution in [1.82, 2.24) is 0 Å². The lowest BCUT2D eigenvalue weighted by Gasteiger charge is -2.09. The molecular formula is C10H11Cl2NO3. The highest BCUT2D eigenvalue weighted by atomic mass is 35.5. The molecule has 88 valence electrons. The number of carbonyl (C=O) groups is 1. The van der Waals surface area contributed by atoms with Crippen molar-refractivity contribution in [2.75, 3.05) is 7.11 Å². The number of halogens is 2. The summed E-state index contributed by atoms with van der Waals surface area (Å²) in [6.07, 6.45) is 0.305. The van der Waals surface area contributed by atoms with Crippen molar-refractivity contribution in [1.29, 1.82) is 0 Å². The van der Waals surface area contributed by atoms with Gasteiger partial charge in [0.2, 0.25) is 0 Å². The second kappa shape index (κ2) is 6.06. The zero-order valence-corrected chi connectivity index (χ0v) is 10.1. The number of benzene rings is 1. The highest BCUT2D eigenvalue weighted by Gasteiger charge is 2.16. The summed E-state index contributed by atoms with van der Waals surface area (Å²) in [6.45, 7) is 0. The van der Waals surface area contributed by atoms with E-state index in [4.69, 9.17) is 28.9 Å². The fourth-order valence-corrected chi connectivity index (χ4v) is 1.47. The summed E-state index contributed by atoms with van der Waals surface area (Å²) in [4.78, 5) is 19.7. The summed E-state index contributed by atoms with van der Waals surface area (Å²) >= 11 is 11.6. The Labute approximate surface area is 103 Å². The van der Waals surface area contributed by atoms with E-state index in [0.717, 1.165) is 5.56 Å². The van der Waals surface area contributed by atoms with Gasteiger partial charge in [-0.2, -0.15) is 4.89 Å². The molecule has 0 aromatic heterocycles. The molecule has 1 aromatic carbocycles. The highest BCUT2D eigenvalue weighted by molar-refractivity contribution is 6.42. The molecule has 4 nitrogen and oxygen atoms in total. The molecule has 0 saturated heterocycles. The molecule has 1 rings (SSSR count). The van der Waals surface area contributed by atoms with Crippen LogP contribution in [0.1, 0.15) is 5.56 Å².